The first kappa shape index (κ1) is 14.3. The molecule has 0 bridgehead atoms. The van der Waals surface area contributed by atoms with Crippen molar-refractivity contribution in [2.24, 2.45) is 0 Å². The van der Waals surface area contributed by atoms with Gasteiger partial charge in [0.25, 0.3) is 5.91 Å². The molecule has 0 saturated carbocycles. The first-order valence-electron chi connectivity index (χ1n) is 6.12. The van der Waals surface area contributed by atoms with Gasteiger partial charge in [-0.1, -0.05) is 11.8 Å². The zero-order valence-corrected chi connectivity index (χ0v) is 11.9. The van der Waals surface area contributed by atoms with Crippen LogP contribution in [0.1, 0.15) is 27.3 Å². The number of aromatic nitrogens is 2. The molecule has 5 nitrogen and oxygen atoms in total. The summed E-state index contributed by atoms with van der Waals surface area (Å²) in [7, 11) is 1.75. The van der Waals surface area contributed by atoms with Crippen LogP contribution in [0.25, 0.3) is 0 Å². The predicted molar refractivity (Wildman–Crippen MR) is 77.3 cm³/mol. The SMILES string of the molecule is CN(Cc1cc(C#CCCO)cs1)C(=O)c1ccn[nH]1. The maximum Gasteiger partial charge on any atom is 0.271 e. The summed E-state index contributed by atoms with van der Waals surface area (Å²) in [6, 6.07) is 3.62. The lowest BCUT2D eigenvalue weighted by Gasteiger charge is -2.14. The number of nitrogens with one attached hydrogen (secondary N) is 1. The second-order valence-corrected chi connectivity index (χ2v) is 5.20. The van der Waals surface area contributed by atoms with Crippen molar-refractivity contribution in [3.8, 4) is 11.8 Å². The molecule has 0 unspecified atom stereocenters. The summed E-state index contributed by atoms with van der Waals surface area (Å²) >= 11 is 1.57. The van der Waals surface area contributed by atoms with Crippen molar-refractivity contribution in [3.63, 3.8) is 0 Å². The number of carbonyl (C=O) groups excluding carboxylic acids is 1. The third-order valence-corrected chi connectivity index (χ3v) is 3.52. The molecule has 2 aromatic heterocycles. The lowest BCUT2D eigenvalue weighted by atomic mass is 10.3. The lowest BCUT2D eigenvalue weighted by Crippen LogP contribution is -2.26. The number of H-pyrrole nitrogens is 1. The van der Waals surface area contributed by atoms with Crippen molar-refractivity contribution in [1.82, 2.24) is 15.1 Å². The van der Waals surface area contributed by atoms with Gasteiger partial charge in [-0.15, -0.1) is 11.3 Å². The average Bonchev–Trinajstić information content (AvgIpc) is 3.09. The fourth-order valence-electron chi connectivity index (χ4n) is 1.64. The number of aromatic amines is 1. The van der Waals surface area contributed by atoms with Gasteiger partial charge in [0.2, 0.25) is 0 Å². The van der Waals surface area contributed by atoms with Crippen LogP contribution in [0.15, 0.2) is 23.7 Å². The van der Waals surface area contributed by atoms with E-state index in [1.807, 2.05) is 11.4 Å². The van der Waals surface area contributed by atoms with Gasteiger partial charge in [0, 0.05) is 35.5 Å². The molecule has 2 aromatic rings. The van der Waals surface area contributed by atoms with Crippen LogP contribution in [0.2, 0.25) is 0 Å². The third-order valence-electron chi connectivity index (χ3n) is 2.59. The molecular weight excluding hydrogens is 274 g/mol. The topological polar surface area (TPSA) is 69.2 Å². The summed E-state index contributed by atoms with van der Waals surface area (Å²) in [6.07, 6.45) is 2.03. The van der Waals surface area contributed by atoms with E-state index in [1.54, 1.807) is 35.5 Å². The van der Waals surface area contributed by atoms with Gasteiger partial charge in [-0.05, 0) is 12.1 Å². The second kappa shape index (κ2) is 6.89. The monoisotopic (exact) mass is 289 g/mol. The molecule has 0 aliphatic carbocycles. The number of nitrogens with zero attached hydrogens (tertiary/aromatic N) is 2. The number of aliphatic hydroxyl groups excluding tert-OH is 1. The van der Waals surface area contributed by atoms with Crippen LogP contribution in [-0.2, 0) is 6.54 Å². The first-order chi connectivity index (χ1) is 9.70. The standard InChI is InChI=1S/C14H15N3O2S/c1-17(14(19)13-5-6-15-16-13)9-12-8-11(10-20-12)4-2-3-7-18/h5-6,8,10,18H,3,7,9H2,1H3,(H,15,16). The van der Waals surface area contributed by atoms with Gasteiger partial charge in [0.05, 0.1) is 13.2 Å². The van der Waals surface area contributed by atoms with Gasteiger partial charge < -0.3 is 10.0 Å². The molecule has 2 rings (SSSR count). The van der Waals surface area contributed by atoms with E-state index in [4.69, 9.17) is 5.11 Å². The molecule has 2 heterocycles. The van der Waals surface area contributed by atoms with Gasteiger partial charge in [-0.2, -0.15) is 5.10 Å². The number of carbonyl (C=O) groups is 1. The van der Waals surface area contributed by atoms with Crippen LogP contribution in [0.5, 0.6) is 0 Å². The number of hydrogen-bond acceptors (Lipinski definition) is 4. The molecule has 0 atom stereocenters. The van der Waals surface area contributed by atoms with E-state index < -0.39 is 0 Å². The Morgan fingerprint density at radius 1 is 1.60 bits per heavy atom. The molecule has 20 heavy (non-hydrogen) atoms. The highest BCUT2D eigenvalue weighted by Gasteiger charge is 2.13. The summed E-state index contributed by atoms with van der Waals surface area (Å²) in [5.74, 6) is 5.76. The van der Waals surface area contributed by atoms with Crippen molar-refractivity contribution in [2.45, 2.75) is 13.0 Å². The smallest absolute Gasteiger partial charge is 0.271 e. The molecule has 1 amide bonds. The molecular formula is C14H15N3O2S. The van der Waals surface area contributed by atoms with Gasteiger partial charge in [-0.3, -0.25) is 9.89 Å². The fourth-order valence-corrected chi connectivity index (χ4v) is 2.50. The second-order valence-electron chi connectivity index (χ2n) is 4.21. The normalized spacial score (nSPS) is 9.90. The molecule has 2 N–H and O–H groups in total. The van der Waals surface area contributed by atoms with E-state index in [1.165, 1.54) is 0 Å². The Balaban J connectivity index is 1.97. The number of aliphatic hydroxyl groups is 1. The van der Waals surface area contributed by atoms with E-state index in [-0.39, 0.29) is 12.5 Å². The van der Waals surface area contributed by atoms with Gasteiger partial charge in [-0.25, -0.2) is 0 Å². The zero-order chi connectivity index (χ0) is 14.4. The number of rotatable bonds is 4. The van der Waals surface area contributed by atoms with Crippen molar-refractivity contribution >= 4 is 17.2 Å². The molecule has 0 fully saturated rings. The molecule has 0 radical (unpaired) electrons. The Morgan fingerprint density at radius 3 is 3.15 bits per heavy atom. The molecule has 0 aromatic carbocycles. The van der Waals surface area contributed by atoms with Crippen LogP contribution in [0.4, 0.5) is 0 Å². The van der Waals surface area contributed by atoms with E-state index >= 15 is 0 Å². The third kappa shape index (κ3) is 3.70. The minimum Gasteiger partial charge on any atom is -0.395 e. The summed E-state index contributed by atoms with van der Waals surface area (Å²) in [4.78, 5) is 14.7. The molecule has 0 aliphatic heterocycles. The van der Waals surface area contributed by atoms with Crippen molar-refractivity contribution in [3.05, 3.63) is 39.8 Å². The van der Waals surface area contributed by atoms with Gasteiger partial charge >= 0.3 is 0 Å². The van der Waals surface area contributed by atoms with Crippen molar-refractivity contribution in [2.75, 3.05) is 13.7 Å². The highest BCUT2D eigenvalue weighted by Crippen LogP contribution is 2.16. The van der Waals surface area contributed by atoms with Crippen LogP contribution in [-0.4, -0.2) is 39.8 Å². The quantitative estimate of drug-likeness (QED) is 0.838. The van der Waals surface area contributed by atoms with E-state index in [2.05, 4.69) is 22.0 Å². The van der Waals surface area contributed by atoms with Gasteiger partial charge in [0.15, 0.2) is 0 Å². The number of amides is 1. The van der Waals surface area contributed by atoms with Crippen LogP contribution in [0, 0.1) is 11.8 Å². The summed E-state index contributed by atoms with van der Waals surface area (Å²) < 4.78 is 0. The van der Waals surface area contributed by atoms with Gasteiger partial charge in [0.1, 0.15) is 5.69 Å². The molecule has 0 saturated heterocycles. The summed E-state index contributed by atoms with van der Waals surface area (Å²) in [5.41, 5.74) is 1.40. The maximum absolute atomic E-state index is 12.0. The number of thiophene rings is 1. The van der Waals surface area contributed by atoms with E-state index in [9.17, 15) is 4.79 Å². The molecule has 6 heteroatoms. The highest BCUT2D eigenvalue weighted by molar-refractivity contribution is 7.10. The minimum absolute atomic E-state index is 0.0748. The fraction of sp³-hybridized carbons (Fsp3) is 0.286. The Kier molecular flexibility index (Phi) is 4.93. The van der Waals surface area contributed by atoms with E-state index in [0.29, 0.717) is 18.7 Å². The summed E-state index contributed by atoms with van der Waals surface area (Å²) in [6.45, 7) is 0.607. The Morgan fingerprint density at radius 2 is 2.45 bits per heavy atom. The molecule has 0 aliphatic rings. The summed E-state index contributed by atoms with van der Waals surface area (Å²) in [5, 5.41) is 17.0. The van der Waals surface area contributed by atoms with Crippen LogP contribution < -0.4 is 0 Å². The predicted octanol–water partition coefficient (Wildman–Crippen LogP) is 1.48. The first-order valence-corrected chi connectivity index (χ1v) is 7.00. The largest absolute Gasteiger partial charge is 0.395 e. The van der Waals surface area contributed by atoms with Crippen molar-refractivity contribution < 1.29 is 9.90 Å². The molecule has 0 spiro atoms. The highest BCUT2D eigenvalue weighted by atomic mass is 32.1. The minimum atomic E-state index is -0.0937. The zero-order valence-electron chi connectivity index (χ0n) is 11.1. The lowest BCUT2D eigenvalue weighted by molar-refractivity contribution is 0.0780. The Labute approximate surface area is 121 Å². The maximum atomic E-state index is 12.0. The average molecular weight is 289 g/mol. The van der Waals surface area contributed by atoms with Crippen molar-refractivity contribution in [1.29, 1.82) is 0 Å². The van der Waals surface area contributed by atoms with Crippen LogP contribution >= 0.6 is 11.3 Å². The number of hydrogen-bond donors (Lipinski definition) is 2. The van der Waals surface area contributed by atoms with Crippen LogP contribution in [0.3, 0.4) is 0 Å². The van der Waals surface area contributed by atoms with E-state index in [0.717, 1.165) is 10.4 Å². The molecule has 104 valence electrons. The Hall–Kier alpha value is -2.10. The Bertz CT molecular complexity index is 622.